The molecule has 0 atom stereocenters. The maximum absolute atomic E-state index is 10.9. The minimum atomic E-state index is -0.559. The van der Waals surface area contributed by atoms with Crippen LogP contribution in [0.4, 0.5) is 11.5 Å². The first-order valence-corrected chi connectivity index (χ1v) is 6.10. The van der Waals surface area contributed by atoms with Gasteiger partial charge in [-0.05, 0) is 42.8 Å². The number of anilines is 2. The molecule has 0 spiro atoms. The van der Waals surface area contributed by atoms with Crippen LogP contribution < -0.4 is 10.8 Å². The molecule has 5 heteroatoms. The highest BCUT2D eigenvalue weighted by Crippen LogP contribution is 2.16. The van der Waals surface area contributed by atoms with Crippen molar-refractivity contribution < 1.29 is 10.0 Å². The average Bonchev–Trinajstić information content (AvgIpc) is 2.46. The highest BCUT2D eigenvalue weighted by atomic mass is 16.5. The Morgan fingerprint density at radius 3 is 2.60 bits per heavy atom. The van der Waals surface area contributed by atoms with E-state index in [1.807, 2.05) is 49.4 Å². The third-order valence-corrected chi connectivity index (χ3v) is 2.61. The summed E-state index contributed by atoms with van der Waals surface area (Å²) in [5.74, 6) is 0.226. The van der Waals surface area contributed by atoms with Gasteiger partial charge in [0.05, 0.1) is 0 Å². The number of rotatable bonds is 4. The Bertz CT molecular complexity index is 621. The standard InChI is InChI=1S/C15H15N3O2/c1-11-3-2-4-14(16-11)17-13-8-5-12(6-9-13)7-10-15(19)18-20/h2-10,20H,1H3,(H,16,17)(H,18,19)/b10-7+. The van der Waals surface area contributed by atoms with E-state index in [1.165, 1.54) is 11.6 Å². The van der Waals surface area contributed by atoms with Crippen molar-refractivity contribution >= 4 is 23.5 Å². The summed E-state index contributed by atoms with van der Waals surface area (Å²) in [5, 5.41) is 11.6. The van der Waals surface area contributed by atoms with Crippen LogP contribution in [0.25, 0.3) is 6.08 Å². The molecule has 0 aliphatic rings. The van der Waals surface area contributed by atoms with Crippen LogP contribution in [0.3, 0.4) is 0 Å². The molecule has 0 saturated heterocycles. The maximum Gasteiger partial charge on any atom is 0.267 e. The van der Waals surface area contributed by atoms with E-state index in [9.17, 15) is 4.79 Å². The van der Waals surface area contributed by atoms with Crippen LogP contribution in [-0.2, 0) is 4.79 Å². The van der Waals surface area contributed by atoms with E-state index < -0.39 is 5.91 Å². The number of amides is 1. The zero-order chi connectivity index (χ0) is 14.4. The van der Waals surface area contributed by atoms with Crippen molar-refractivity contribution in [3.8, 4) is 0 Å². The lowest BCUT2D eigenvalue weighted by molar-refractivity contribution is -0.124. The monoisotopic (exact) mass is 269 g/mol. The van der Waals surface area contributed by atoms with Gasteiger partial charge >= 0.3 is 0 Å². The molecule has 0 radical (unpaired) electrons. The lowest BCUT2D eigenvalue weighted by atomic mass is 10.2. The third kappa shape index (κ3) is 3.93. The molecule has 3 N–H and O–H groups in total. The molecule has 0 aliphatic heterocycles. The first-order valence-electron chi connectivity index (χ1n) is 6.10. The van der Waals surface area contributed by atoms with Gasteiger partial charge in [-0.25, -0.2) is 10.5 Å². The van der Waals surface area contributed by atoms with Crippen LogP contribution in [0.2, 0.25) is 0 Å². The fraction of sp³-hybridized carbons (Fsp3) is 0.0667. The van der Waals surface area contributed by atoms with E-state index in [-0.39, 0.29) is 0 Å². The van der Waals surface area contributed by atoms with Crippen LogP contribution in [0.5, 0.6) is 0 Å². The normalized spacial score (nSPS) is 10.5. The number of hydrogen-bond acceptors (Lipinski definition) is 4. The molecule has 0 aliphatic carbocycles. The smallest absolute Gasteiger partial charge is 0.267 e. The Labute approximate surface area is 116 Å². The number of pyridine rings is 1. The van der Waals surface area contributed by atoms with Crippen molar-refractivity contribution in [1.29, 1.82) is 0 Å². The van der Waals surface area contributed by atoms with E-state index in [4.69, 9.17) is 5.21 Å². The number of benzene rings is 1. The van der Waals surface area contributed by atoms with Gasteiger partial charge in [-0.15, -0.1) is 0 Å². The van der Waals surface area contributed by atoms with Crippen molar-refractivity contribution in [2.75, 3.05) is 5.32 Å². The molecule has 1 heterocycles. The van der Waals surface area contributed by atoms with E-state index >= 15 is 0 Å². The Morgan fingerprint density at radius 1 is 1.20 bits per heavy atom. The summed E-state index contributed by atoms with van der Waals surface area (Å²) < 4.78 is 0. The second kappa shape index (κ2) is 6.49. The number of aromatic nitrogens is 1. The lowest BCUT2D eigenvalue weighted by Crippen LogP contribution is -2.14. The maximum atomic E-state index is 10.9. The van der Waals surface area contributed by atoms with Crippen molar-refractivity contribution in [3.05, 3.63) is 59.8 Å². The van der Waals surface area contributed by atoms with Gasteiger partial charge in [-0.1, -0.05) is 18.2 Å². The molecule has 0 saturated carbocycles. The van der Waals surface area contributed by atoms with Crippen molar-refractivity contribution in [3.63, 3.8) is 0 Å². The van der Waals surface area contributed by atoms with Crippen molar-refractivity contribution in [2.24, 2.45) is 0 Å². The SMILES string of the molecule is Cc1cccc(Nc2ccc(/C=C/C(=O)NO)cc2)n1. The Balaban J connectivity index is 2.05. The van der Waals surface area contributed by atoms with E-state index in [1.54, 1.807) is 6.08 Å². The third-order valence-electron chi connectivity index (χ3n) is 2.61. The van der Waals surface area contributed by atoms with Gasteiger partial charge in [-0.3, -0.25) is 10.0 Å². The molecular formula is C15H15N3O2. The van der Waals surface area contributed by atoms with Crippen LogP contribution in [0, 0.1) is 6.92 Å². The van der Waals surface area contributed by atoms with Gasteiger partial charge in [0.2, 0.25) is 0 Å². The molecule has 0 bridgehead atoms. The predicted molar refractivity (Wildman–Crippen MR) is 77.7 cm³/mol. The molecule has 1 amide bonds. The van der Waals surface area contributed by atoms with Crippen LogP contribution in [0.1, 0.15) is 11.3 Å². The molecule has 20 heavy (non-hydrogen) atoms. The number of carbonyl (C=O) groups excluding carboxylic acids is 1. The first kappa shape index (κ1) is 13.8. The van der Waals surface area contributed by atoms with Gasteiger partial charge in [0.1, 0.15) is 5.82 Å². The molecule has 0 fully saturated rings. The van der Waals surface area contributed by atoms with E-state index in [0.717, 1.165) is 22.8 Å². The molecular weight excluding hydrogens is 254 g/mol. The van der Waals surface area contributed by atoms with Crippen LogP contribution >= 0.6 is 0 Å². The minimum absolute atomic E-state index is 0.559. The first-order chi connectivity index (χ1) is 9.67. The largest absolute Gasteiger partial charge is 0.340 e. The summed E-state index contributed by atoms with van der Waals surface area (Å²) in [6.07, 6.45) is 2.87. The van der Waals surface area contributed by atoms with Gasteiger partial charge < -0.3 is 5.32 Å². The van der Waals surface area contributed by atoms with Gasteiger partial charge in [0.25, 0.3) is 5.91 Å². The summed E-state index contributed by atoms with van der Waals surface area (Å²) in [6, 6.07) is 13.3. The number of carbonyl (C=O) groups is 1. The van der Waals surface area contributed by atoms with Gasteiger partial charge in [-0.2, -0.15) is 0 Å². The minimum Gasteiger partial charge on any atom is -0.340 e. The Hall–Kier alpha value is -2.66. The summed E-state index contributed by atoms with van der Waals surface area (Å²) in [4.78, 5) is 15.2. The summed E-state index contributed by atoms with van der Waals surface area (Å²) in [6.45, 7) is 1.94. The molecule has 0 unspecified atom stereocenters. The fourth-order valence-electron chi connectivity index (χ4n) is 1.65. The summed E-state index contributed by atoms with van der Waals surface area (Å²) in [7, 11) is 0. The number of hydrogen-bond donors (Lipinski definition) is 3. The van der Waals surface area contributed by atoms with Gasteiger partial charge in [0.15, 0.2) is 0 Å². The van der Waals surface area contributed by atoms with Crippen molar-refractivity contribution in [1.82, 2.24) is 10.5 Å². The molecule has 102 valence electrons. The molecule has 2 aromatic rings. The highest BCUT2D eigenvalue weighted by Gasteiger charge is 1.97. The highest BCUT2D eigenvalue weighted by molar-refractivity contribution is 5.90. The van der Waals surface area contributed by atoms with E-state index in [0.29, 0.717) is 0 Å². The lowest BCUT2D eigenvalue weighted by Gasteiger charge is -2.06. The molecule has 1 aromatic heterocycles. The fourth-order valence-corrected chi connectivity index (χ4v) is 1.65. The predicted octanol–water partition coefficient (Wildman–Crippen LogP) is 2.65. The zero-order valence-electron chi connectivity index (χ0n) is 11.0. The van der Waals surface area contributed by atoms with Crippen LogP contribution in [-0.4, -0.2) is 16.1 Å². The Morgan fingerprint density at radius 2 is 1.95 bits per heavy atom. The quantitative estimate of drug-likeness (QED) is 0.453. The number of nitrogens with zero attached hydrogens (tertiary/aromatic N) is 1. The molecule has 5 nitrogen and oxygen atoms in total. The molecule has 2 rings (SSSR count). The van der Waals surface area contributed by atoms with E-state index in [2.05, 4.69) is 10.3 Å². The number of hydroxylamine groups is 1. The number of nitrogens with one attached hydrogen (secondary N) is 2. The zero-order valence-corrected chi connectivity index (χ0v) is 11.0. The summed E-state index contributed by atoms with van der Waals surface area (Å²) >= 11 is 0. The topological polar surface area (TPSA) is 74.2 Å². The Kier molecular flexibility index (Phi) is 4.47. The van der Waals surface area contributed by atoms with Crippen molar-refractivity contribution in [2.45, 2.75) is 6.92 Å². The average molecular weight is 269 g/mol. The number of aryl methyl sites for hydroxylation is 1. The van der Waals surface area contributed by atoms with Gasteiger partial charge in [0, 0.05) is 17.5 Å². The second-order valence-electron chi connectivity index (χ2n) is 4.22. The van der Waals surface area contributed by atoms with Crippen LogP contribution in [0.15, 0.2) is 48.5 Å². The second-order valence-corrected chi connectivity index (χ2v) is 4.22. The summed E-state index contributed by atoms with van der Waals surface area (Å²) in [5.41, 5.74) is 4.25. The molecule has 1 aromatic carbocycles.